The zero-order valence-corrected chi connectivity index (χ0v) is 16.6. The zero-order valence-electron chi connectivity index (χ0n) is 15.0. The first kappa shape index (κ1) is 19.5. The molecule has 0 saturated carbocycles. The minimum absolute atomic E-state index is 0.00575. The van der Waals surface area contributed by atoms with Crippen LogP contribution >= 0.6 is 23.1 Å². The van der Waals surface area contributed by atoms with Crippen molar-refractivity contribution >= 4 is 34.1 Å². The van der Waals surface area contributed by atoms with E-state index in [1.165, 1.54) is 39.8 Å². The lowest BCUT2D eigenvalue weighted by Crippen LogP contribution is -2.27. The van der Waals surface area contributed by atoms with Gasteiger partial charge in [-0.15, -0.1) is 10.2 Å². The Morgan fingerprint density at radius 1 is 1.28 bits per heavy atom. The van der Waals surface area contributed by atoms with E-state index < -0.39 is 0 Å². The Morgan fingerprint density at radius 2 is 2.08 bits per heavy atom. The number of nitrogens with zero attached hydrogens (tertiary/aromatic N) is 2. The highest BCUT2D eigenvalue weighted by atomic mass is 32.2. The third kappa shape index (κ3) is 6.21. The summed E-state index contributed by atoms with van der Waals surface area (Å²) in [6.07, 6.45) is 0.769. The maximum absolute atomic E-state index is 11.8. The number of thioether (sulfide) groups is 1. The van der Waals surface area contributed by atoms with Gasteiger partial charge in [-0.05, 0) is 49.9 Å². The van der Waals surface area contributed by atoms with Crippen molar-refractivity contribution in [3.05, 3.63) is 28.8 Å². The second-order valence-corrected chi connectivity index (χ2v) is 7.87. The molecule has 0 aliphatic rings. The van der Waals surface area contributed by atoms with E-state index in [-0.39, 0.29) is 5.91 Å². The van der Waals surface area contributed by atoms with Crippen LogP contribution < -0.4 is 15.4 Å². The summed E-state index contributed by atoms with van der Waals surface area (Å²) in [6.45, 7) is 7.40. The zero-order chi connectivity index (χ0) is 18.2. The molecule has 1 aromatic carbocycles. The predicted octanol–water partition coefficient (Wildman–Crippen LogP) is 3.18. The van der Waals surface area contributed by atoms with Crippen molar-refractivity contribution in [2.45, 2.75) is 31.5 Å². The molecule has 0 aliphatic carbocycles. The number of nitrogens with one attached hydrogen (secondary N) is 2. The third-order valence-corrected chi connectivity index (χ3v) is 5.69. The third-order valence-electron chi connectivity index (χ3n) is 3.61. The normalized spacial score (nSPS) is 10.6. The van der Waals surface area contributed by atoms with Gasteiger partial charge in [-0.25, -0.2) is 0 Å². The molecular formula is C17H24N4O2S2. The first-order chi connectivity index (χ1) is 12.0. The van der Waals surface area contributed by atoms with E-state index in [9.17, 15) is 4.79 Å². The molecule has 0 atom stereocenters. The molecule has 6 nitrogen and oxygen atoms in total. The maximum atomic E-state index is 11.8. The van der Waals surface area contributed by atoms with Gasteiger partial charge >= 0.3 is 0 Å². The van der Waals surface area contributed by atoms with E-state index >= 15 is 0 Å². The molecule has 0 unspecified atom stereocenters. The standard InChI is InChI=1S/C17H24N4O2S2/c1-11-8-12(2)13(3)14(9-11)23-7-5-6-19-15(22)10-24-17-21-20-16(18-4)25-17/h8-9H,5-7,10H2,1-4H3,(H,18,20)(H,19,22). The quantitative estimate of drug-likeness (QED) is 0.514. The number of aromatic nitrogens is 2. The van der Waals surface area contributed by atoms with Gasteiger partial charge in [0.2, 0.25) is 11.0 Å². The molecule has 0 fully saturated rings. The molecule has 2 aromatic rings. The van der Waals surface area contributed by atoms with Crippen LogP contribution in [-0.4, -0.2) is 42.1 Å². The van der Waals surface area contributed by atoms with Gasteiger partial charge in [-0.3, -0.25) is 4.79 Å². The van der Waals surface area contributed by atoms with Gasteiger partial charge in [0, 0.05) is 13.6 Å². The van der Waals surface area contributed by atoms with Gasteiger partial charge in [0.05, 0.1) is 12.4 Å². The number of benzene rings is 1. The van der Waals surface area contributed by atoms with Crippen LogP contribution in [0.5, 0.6) is 5.75 Å². The molecule has 2 rings (SSSR count). The molecule has 0 aliphatic heterocycles. The Hall–Kier alpha value is -1.80. The number of carbonyl (C=O) groups excluding carboxylic acids is 1. The Balaban J connectivity index is 1.63. The van der Waals surface area contributed by atoms with Gasteiger partial charge in [-0.1, -0.05) is 29.2 Å². The fraction of sp³-hybridized carbons (Fsp3) is 0.471. The van der Waals surface area contributed by atoms with Gasteiger partial charge in [0.15, 0.2) is 4.34 Å². The molecule has 25 heavy (non-hydrogen) atoms. The number of carbonyl (C=O) groups is 1. The highest BCUT2D eigenvalue weighted by molar-refractivity contribution is 8.01. The Morgan fingerprint density at radius 3 is 2.80 bits per heavy atom. The number of aryl methyl sites for hydroxylation is 2. The number of ether oxygens (including phenoxy) is 1. The average Bonchev–Trinajstić information content (AvgIpc) is 3.05. The van der Waals surface area contributed by atoms with E-state index in [0.29, 0.717) is 18.9 Å². The summed E-state index contributed by atoms with van der Waals surface area (Å²) in [5.41, 5.74) is 3.60. The molecule has 0 spiro atoms. The molecule has 2 N–H and O–H groups in total. The Bertz CT molecular complexity index is 719. The largest absolute Gasteiger partial charge is 0.493 e. The fourth-order valence-electron chi connectivity index (χ4n) is 2.18. The molecule has 1 heterocycles. The van der Waals surface area contributed by atoms with Crippen molar-refractivity contribution in [3.8, 4) is 5.75 Å². The lowest BCUT2D eigenvalue weighted by molar-refractivity contribution is -0.118. The van der Waals surface area contributed by atoms with Crippen molar-refractivity contribution in [2.24, 2.45) is 0 Å². The Labute approximate surface area is 156 Å². The molecule has 8 heteroatoms. The van der Waals surface area contributed by atoms with Crippen molar-refractivity contribution < 1.29 is 9.53 Å². The smallest absolute Gasteiger partial charge is 0.230 e. The Kier molecular flexibility index (Phi) is 7.52. The topological polar surface area (TPSA) is 76.1 Å². The summed E-state index contributed by atoms with van der Waals surface area (Å²) >= 11 is 2.83. The van der Waals surface area contributed by atoms with Crippen LogP contribution in [0.3, 0.4) is 0 Å². The van der Waals surface area contributed by atoms with Crippen LogP contribution in [0.1, 0.15) is 23.1 Å². The second-order valence-electron chi connectivity index (χ2n) is 5.67. The van der Waals surface area contributed by atoms with Crippen molar-refractivity contribution in [2.75, 3.05) is 31.3 Å². The summed E-state index contributed by atoms with van der Waals surface area (Å²) in [4.78, 5) is 11.8. The van der Waals surface area contributed by atoms with Crippen molar-refractivity contribution in [1.29, 1.82) is 0 Å². The van der Waals surface area contributed by atoms with Crippen LogP contribution in [0, 0.1) is 20.8 Å². The molecule has 1 amide bonds. The van der Waals surface area contributed by atoms with Crippen molar-refractivity contribution in [3.63, 3.8) is 0 Å². The molecule has 1 aromatic heterocycles. The SMILES string of the molecule is CNc1nnc(SCC(=O)NCCCOc2cc(C)cc(C)c2C)s1. The molecule has 0 bridgehead atoms. The number of anilines is 1. The second kappa shape index (κ2) is 9.62. The first-order valence-corrected chi connectivity index (χ1v) is 9.91. The number of hydrogen-bond acceptors (Lipinski definition) is 7. The summed E-state index contributed by atoms with van der Waals surface area (Å²) in [6, 6.07) is 4.20. The van der Waals surface area contributed by atoms with Crippen LogP contribution in [0.2, 0.25) is 0 Å². The summed E-state index contributed by atoms with van der Waals surface area (Å²) in [5.74, 6) is 1.26. The number of amides is 1. The van der Waals surface area contributed by atoms with Gasteiger partial charge in [0.1, 0.15) is 5.75 Å². The van der Waals surface area contributed by atoms with Crippen LogP contribution in [0.25, 0.3) is 0 Å². The van der Waals surface area contributed by atoms with Crippen LogP contribution in [-0.2, 0) is 4.79 Å². The molecule has 0 radical (unpaired) electrons. The lowest BCUT2D eigenvalue weighted by atomic mass is 10.1. The highest BCUT2D eigenvalue weighted by Crippen LogP contribution is 2.25. The van der Waals surface area contributed by atoms with E-state index in [1.807, 2.05) is 0 Å². The lowest BCUT2D eigenvalue weighted by Gasteiger charge is -2.12. The average molecular weight is 381 g/mol. The molecular weight excluding hydrogens is 356 g/mol. The van der Waals surface area contributed by atoms with Crippen molar-refractivity contribution in [1.82, 2.24) is 15.5 Å². The summed E-state index contributed by atoms with van der Waals surface area (Å²) in [5, 5.41) is 14.5. The fourth-order valence-corrected chi connectivity index (χ4v) is 3.72. The van der Waals surface area contributed by atoms with E-state index in [1.54, 1.807) is 7.05 Å². The minimum Gasteiger partial charge on any atom is -0.493 e. The van der Waals surface area contributed by atoms with Gasteiger partial charge in [-0.2, -0.15) is 0 Å². The minimum atomic E-state index is -0.00575. The maximum Gasteiger partial charge on any atom is 0.230 e. The van der Waals surface area contributed by atoms with E-state index in [0.717, 1.165) is 21.6 Å². The first-order valence-electron chi connectivity index (χ1n) is 8.11. The number of hydrogen-bond donors (Lipinski definition) is 2. The molecule has 0 saturated heterocycles. The van der Waals surface area contributed by atoms with E-state index in [2.05, 4.69) is 53.7 Å². The van der Waals surface area contributed by atoms with Crippen LogP contribution in [0.4, 0.5) is 5.13 Å². The summed E-state index contributed by atoms with van der Waals surface area (Å²) < 4.78 is 6.63. The van der Waals surface area contributed by atoms with Gasteiger partial charge < -0.3 is 15.4 Å². The van der Waals surface area contributed by atoms with E-state index in [4.69, 9.17) is 4.74 Å². The monoisotopic (exact) mass is 380 g/mol. The molecule has 136 valence electrons. The van der Waals surface area contributed by atoms with Gasteiger partial charge in [0.25, 0.3) is 0 Å². The predicted molar refractivity (Wildman–Crippen MR) is 104 cm³/mol. The highest BCUT2D eigenvalue weighted by Gasteiger charge is 2.07. The number of rotatable bonds is 9. The summed E-state index contributed by atoms with van der Waals surface area (Å²) in [7, 11) is 1.79. The van der Waals surface area contributed by atoms with Crippen LogP contribution in [0.15, 0.2) is 16.5 Å².